The molecule has 2 aromatic carbocycles. The van der Waals surface area contributed by atoms with Crippen LogP contribution in [0.5, 0.6) is 11.5 Å². The van der Waals surface area contributed by atoms with E-state index < -0.39 is 10.0 Å². The molecule has 0 bridgehead atoms. The van der Waals surface area contributed by atoms with Crippen LogP contribution in [0.15, 0.2) is 41.3 Å². The van der Waals surface area contributed by atoms with Gasteiger partial charge < -0.3 is 9.47 Å². The number of hydrogen-bond acceptors (Lipinski definition) is 5. The molecule has 2 aromatic rings. The predicted molar refractivity (Wildman–Crippen MR) is 105 cm³/mol. The third kappa shape index (κ3) is 4.41. The summed E-state index contributed by atoms with van der Waals surface area (Å²) in [4.78, 5) is 2.21. The molecule has 0 atom stereocenters. The zero-order valence-electron chi connectivity index (χ0n) is 15.7. The Morgan fingerprint density at radius 1 is 1.04 bits per heavy atom. The van der Waals surface area contributed by atoms with Crippen LogP contribution < -0.4 is 9.47 Å². The molecule has 0 N–H and O–H groups in total. The van der Waals surface area contributed by atoms with Crippen molar-refractivity contribution in [3.63, 3.8) is 0 Å². The van der Waals surface area contributed by atoms with E-state index in [1.54, 1.807) is 18.2 Å². The fraction of sp³-hybridized carbons (Fsp3) is 0.368. The van der Waals surface area contributed by atoms with Crippen molar-refractivity contribution in [2.24, 2.45) is 0 Å². The van der Waals surface area contributed by atoms with Crippen LogP contribution >= 0.6 is 11.6 Å². The molecule has 3 rings (SSSR count). The molecule has 6 nitrogen and oxygen atoms in total. The average molecular weight is 429 g/mol. The van der Waals surface area contributed by atoms with Gasteiger partial charge in [0, 0.05) is 43.8 Å². The van der Waals surface area contributed by atoms with Gasteiger partial charge in [0.1, 0.15) is 22.2 Å². The van der Waals surface area contributed by atoms with Gasteiger partial charge in [0.25, 0.3) is 0 Å². The van der Waals surface area contributed by atoms with Gasteiger partial charge in [0.2, 0.25) is 10.0 Å². The van der Waals surface area contributed by atoms with E-state index >= 15 is 0 Å². The van der Waals surface area contributed by atoms with Crippen molar-refractivity contribution in [2.45, 2.75) is 11.4 Å². The summed E-state index contributed by atoms with van der Waals surface area (Å²) >= 11 is 6.09. The number of benzene rings is 2. The maximum Gasteiger partial charge on any atom is 0.246 e. The second kappa shape index (κ2) is 8.65. The number of methoxy groups -OCH3 is 2. The normalized spacial score (nSPS) is 16.1. The molecule has 0 saturated carbocycles. The van der Waals surface area contributed by atoms with E-state index in [4.69, 9.17) is 21.1 Å². The monoisotopic (exact) mass is 428 g/mol. The van der Waals surface area contributed by atoms with Crippen molar-refractivity contribution in [1.29, 1.82) is 0 Å². The van der Waals surface area contributed by atoms with Crippen molar-refractivity contribution in [3.05, 3.63) is 52.8 Å². The quantitative estimate of drug-likeness (QED) is 0.707. The molecule has 1 heterocycles. The van der Waals surface area contributed by atoms with Crippen LogP contribution in [0.3, 0.4) is 0 Å². The highest BCUT2D eigenvalue weighted by molar-refractivity contribution is 7.89. The third-order valence-electron chi connectivity index (χ3n) is 4.73. The average Bonchev–Trinajstić information content (AvgIpc) is 2.70. The molecule has 1 fully saturated rings. The van der Waals surface area contributed by atoms with Gasteiger partial charge in [-0.25, -0.2) is 12.8 Å². The zero-order chi connectivity index (χ0) is 20.3. The lowest BCUT2D eigenvalue weighted by Gasteiger charge is -2.34. The molecule has 1 saturated heterocycles. The number of halogens is 2. The van der Waals surface area contributed by atoms with E-state index in [0.29, 0.717) is 43.5 Å². The first-order chi connectivity index (χ1) is 13.3. The van der Waals surface area contributed by atoms with E-state index in [2.05, 4.69) is 4.90 Å². The second-order valence-corrected chi connectivity index (χ2v) is 8.75. The molecule has 0 amide bonds. The highest BCUT2D eigenvalue weighted by Crippen LogP contribution is 2.31. The molecular formula is C19H22ClFN2O4S. The van der Waals surface area contributed by atoms with Crippen LogP contribution in [0.25, 0.3) is 0 Å². The van der Waals surface area contributed by atoms with Crippen LogP contribution in [0.1, 0.15) is 5.56 Å². The van der Waals surface area contributed by atoms with Crippen LogP contribution in [0, 0.1) is 5.82 Å². The van der Waals surface area contributed by atoms with E-state index in [1.807, 2.05) is 0 Å². The zero-order valence-corrected chi connectivity index (χ0v) is 17.3. The summed E-state index contributed by atoms with van der Waals surface area (Å²) in [5.41, 5.74) is 0.816. The first-order valence-corrected chi connectivity index (χ1v) is 10.6. The maximum atomic E-state index is 13.2. The number of ether oxygens (including phenoxy) is 2. The minimum absolute atomic E-state index is 0.117. The summed E-state index contributed by atoms with van der Waals surface area (Å²) in [7, 11) is -0.751. The van der Waals surface area contributed by atoms with Gasteiger partial charge in [-0.05, 0) is 29.8 Å². The van der Waals surface area contributed by atoms with Crippen LogP contribution in [-0.4, -0.2) is 58.0 Å². The molecule has 9 heteroatoms. The summed E-state index contributed by atoms with van der Waals surface area (Å²) in [5.74, 6) is 0.398. The predicted octanol–water partition coefficient (Wildman–Crippen LogP) is 3.00. The van der Waals surface area contributed by atoms with Crippen LogP contribution in [-0.2, 0) is 16.6 Å². The Hall–Kier alpha value is -1.87. The first-order valence-electron chi connectivity index (χ1n) is 8.73. The number of nitrogens with zero attached hydrogens (tertiary/aromatic N) is 2. The van der Waals surface area contributed by atoms with Gasteiger partial charge in [-0.15, -0.1) is 0 Å². The maximum absolute atomic E-state index is 13.2. The molecule has 0 radical (unpaired) electrons. The van der Waals surface area contributed by atoms with Gasteiger partial charge in [-0.1, -0.05) is 17.7 Å². The summed E-state index contributed by atoms with van der Waals surface area (Å²) < 4.78 is 51.1. The van der Waals surface area contributed by atoms with Crippen molar-refractivity contribution < 1.29 is 22.3 Å². The highest BCUT2D eigenvalue weighted by atomic mass is 35.5. The second-order valence-electron chi connectivity index (χ2n) is 6.43. The van der Waals surface area contributed by atoms with Crippen LogP contribution in [0.2, 0.25) is 5.02 Å². The summed E-state index contributed by atoms with van der Waals surface area (Å²) in [5, 5.41) is 0.373. The van der Waals surface area contributed by atoms with E-state index in [0.717, 1.165) is 5.56 Å². The lowest BCUT2D eigenvalue weighted by atomic mass is 10.2. The summed E-state index contributed by atoms with van der Waals surface area (Å²) in [6.45, 7) is 2.32. The van der Waals surface area contributed by atoms with Gasteiger partial charge in [0.15, 0.2) is 0 Å². The number of hydrogen-bond donors (Lipinski definition) is 0. The van der Waals surface area contributed by atoms with E-state index in [1.165, 1.54) is 36.7 Å². The minimum Gasteiger partial charge on any atom is -0.497 e. The molecule has 28 heavy (non-hydrogen) atoms. The molecule has 0 aliphatic carbocycles. The minimum atomic E-state index is -3.69. The lowest BCUT2D eigenvalue weighted by Crippen LogP contribution is -2.48. The summed E-state index contributed by atoms with van der Waals surface area (Å²) in [6.07, 6.45) is 0. The van der Waals surface area contributed by atoms with Crippen molar-refractivity contribution in [3.8, 4) is 11.5 Å². The topological polar surface area (TPSA) is 59.1 Å². The fourth-order valence-corrected chi connectivity index (χ4v) is 4.93. The molecular weight excluding hydrogens is 407 g/mol. The molecule has 0 spiro atoms. The molecule has 152 valence electrons. The van der Waals surface area contributed by atoms with Crippen molar-refractivity contribution >= 4 is 21.6 Å². The summed E-state index contributed by atoms with van der Waals surface area (Å²) in [6, 6.07) is 8.97. The first kappa shape index (κ1) is 20.9. The Bertz CT molecular complexity index is 947. The molecule has 0 aromatic heterocycles. The Labute approximate surface area is 169 Å². The Balaban J connectivity index is 1.70. The fourth-order valence-electron chi connectivity index (χ4n) is 3.15. The van der Waals surface area contributed by atoms with Gasteiger partial charge in [0.05, 0.1) is 14.2 Å². The Kier molecular flexibility index (Phi) is 6.44. The molecule has 1 aliphatic rings. The Morgan fingerprint density at radius 2 is 1.75 bits per heavy atom. The van der Waals surface area contributed by atoms with Crippen molar-refractivity contribution in [1.82, 2.24) is 9.21 Å². The smallest absolute Gasteiger partial charge is 0.246 e. The SMILES string of the molecule is COc1ccc(S(=O)(=O)N2CCN(Cc3ccc(F)cc3Cl)CC2)c(OC)c1. The number of sulfonamides is 1. The van der Waals surface area contributed by atoms with E-state index in [-0.39, 0.29) is 16.5 Å². The largest absolute Gasteiger partial charge is 0.497 e. The third-order valence-corrected chi connectivity index (χ3v) is 7.02. The van der Waals surface area contributed by atoms with Crippen LogP contribution in [0.4, 0.5) is 4.39 Å². The van der Waals surface area contributed by atoms with Gasteiger partial charge in [-0.3, -0.25) is 4.90 Å². The molecule has 1 aliphatic heterocycles. The van der Waals surface area contributed by atoms with Gasteiger partial charge >= 0.3 is 0 Å². The highest BCUT2D eigenvalue weighted by Gasteiger charge is 2.31. The number of piperazine rings is 1. The molecule has 0 unspecified atom stereocenters. The Morgan fingerprint density at radius 3 is 2.36 bits per heavy atom. The van der Waals surface area contributed by atoms with E-state index in [9.17, 15) is 12.8 Å². The van der Waals surface area contributed by atoms with Gasteiger partial charge in [-0.2, -0.15) is 4.31 Å². The standard InChI is InChI=1S/C19H22ClFN2O4S/c1-26-16-5-6-19(18(12-16)27-2)28(24,25)23-9-7-22(8-10-23)13-14-3-4-15(21)11-17(14)20/h3-6,11-12H,7-10,13H2,1-2H3. The lowest BCUT2D eigenvalue weighted by molar-refractivity contribution is 0.181. The van der Waals surface area contributed by atoms with Crippen molar-refractivity contribution in [2.75, 3.05) is 40.4 Å². The number of rotatable bonds is 6.